The summed E-state index contributed by atoms with van der Waals surface area (Å²) in [6.07, 6.45) is 11.2. The molecule has 0 aliphatic heterocycles. The van der Waals surface area contributed by atoms with Crippen LogP contribution in [0.15, 0.2) is 50.4 Å². The molecule has 6 aliphatic carbocycles. The van der Waals surface area contributed by atoms with Gasteiger partial charge in [0.2, 0.25) is 11.8 Å². The SMILES string of the molecule is CC(C)(C)c1nc(C23CCC(CN(C(=O)CC45CC(F)(C4)C5)c4cncc(-c5ccc6[nH]c(=O)oc6c5)c4)(CC2)CC3)no1. The molecule has 0 spiro atoms. The van der Waals surface area contributed by atoms with Gasteiger partial charge >= 0.3 is 5.76 Å². The highest BCUT2D eigenvalue weighted by atomic mass is 19.1. The fourth-order valence-corrected chi connectivity index (χ4v) is 8.56. The summed E-state index contributed by atoms with van der Waals surface area (Å²) in [5.74, 6) is 1.05. The first kappa shape index (κ1) is 27.7. The lowest BCUT2D eigenvalue weighted by atomic mass is 9.41. The van der Waals surface area contributed by atoms with E-state index in [0.29, 0.717) is 49.2 Å². The van der Waals surface area contributed by atoms with Crippen LogP contribution >= 0.6 is 0 Å². The Bertz CT molecular complexity index is 1800. The normalized spacial score (nSPS) is 30.6. The number of anilines is 1. The molecule has 3 heterocycles. The molecule has 6 saturated carbocycles. The molecular weight excluding hydrogens is 561 g/mol. The Morgan fingerprint density at radius 2 is 1.73 bits per heavy atom. The number of nitrogens with zero attached hydrogens (tertiary/aromatic N) is 4. The van der Waals surface area contributed by atoms with Crippen LogP contribution in [0.1, 0.15) is 96.7 Å². The number of nitrogens with one attached hydrogen (secondary N) is 1. The van der Waals surface area contributed by atoms with Crippen molar-refractivity contribution in [2.24, 2.45) is 10.8 Å². The number of halogens is 1. The van der Waals surface area contributed by atoms with Crippen LogP contribution in [0.2, 0.25) is 0 Å². The molecule has 4 bridgehead atoms. The molecule has 0 saturated heterocycles. The highest BCUT2D eigenvalue weighted by Crippen LogP contribution is 2.71. The molecule has 4 aromatic rings. The summed E-state index contributed by atoms with van der Waals surface area (Å²) in [5.41, 5.74) is 1.99. The minimum atomic E-state index is -1.05. The lowest BCUT2D eigenvalue weighted by Gasteiger charge is -2.66. The predicted octanol–water partition coefficient (Wildman–Crippen LogP) is 6.77. The summed E-state index contributed by atoms with van der Waals surface area (Å²) in [7, 11) is 0. The molecule has 6 aliphatic rings. The number of carbonyl (C=O) groups excluding carboxylic acids is 1. The topological polar surface area (TPSA) is 118 Å². The third-order valence-corrected chi connectivity index (χ3v) is 11.1. The van der Waals surface area contributed by atoms with Crippen LogP contribution in [0.4, 0.5) is 10.1 Å². The minimum Gasteiger partial charge on any atom is -0.408 e. The molecule has 10 heteroatoms. The molecule has 10 rings (SSSR count). The van der Waals surface area contributed by atoms with Crippen molar-refractivity contribution in [2.75, 3.05) is 11.4 Å². The average molecular weight is 600 g/mol. The summed E-state index contributed by atoms with van der Waals surface area (Å²) in [6.45, 7) is 6.86. The number of amides is 1. The van der Waals surface area contributed by atoms with Gasteiger partial charge in [0.15, 0.2) is 11.4 Å². The van der Waals surface area contributed by atoms with Gasteiger partial charge in [-0.3, -0.25) is 14.8 Å². The summed E-state index contributed by atoms with van der Waals surface area (Å²) in [6, 6.07) is 7.53. The van der Waals surface area contributed by atoms with Crippen LogP contribution in [-0.2, 0) is 15.6 Å². The zero-order valence-corrected chi connectivity index (χ0v) is 25.5. The minimum absolute atomic E-state index is 0.0157. The summed E-state index contributed by atoms with van der Waals surface area (Å²) in [4.78, 5) is 39.8. The zero-order chi connectivity index (χ0) is 30.5. The first-order valence-corrected chi connectivity index (χ1v) is 15.8. The number of alkyl halides is 1. The van der Waals surface area contributed by atoms with E-state index < -0.39 is 11.4 Å². The number of H-pyrrole nitrogens is 1. The summed E-state index contributed by atoms with van der Waals surface area (Å²) < 4.78 is 25.4. The maximum Gasteiger partial charge on any atom is 0.417 e. The first-order chi connectivity index (χ1) is 20.9. The molecule has 0 unspecified atom stereocenters. The van der Waals surface area contributed by atoms with Gasteiger partial charge in [-0.2, -0.15) is 4.98 Å². The van der Waals surface area contributed by atoms with E-state index in [-0.39, 0.29) is 27.6 Å². The number of aromatic amines is 1. The Hall–Kier alpha value is -3.82. The van der Waals surface area contributed by atoms with E-state index in [1.165, 1.54) is 0 Å². The van der Waals surface area contributed by atoms with Gasteiger partial charge in [-0.1, -0.05) is 32.0 Å². The third kappa shape index (κ3) is 4.43. The fraction of sp³-hybridized carbons (Fsp3) is 0.559. The Morgan fingerprint density at radius 3 is 2.39 bits per heavy atom. The molecule has 1 amide bonds. The van der Waals surface area contributed by atoms with E-state index >= 15 is 0 Å². The molecule has 1 aromatic carbocycles. The molecule has 3 aromatic heterocycles. The quantitative estimate of drug-likeness (QED) is 0.249. The van der Waals surface area contributed by atoms with Crippen molar-refractivity contribution in [3.8, 4) is 11.1 Å². The maximum atomic E-state index is 14.4. The Morgan fingerprint density at radius 1 is 1.00 bits per heavy atom. The third-order valence-electron chi connectivity index (χ3n) is 11.1. The largest absolute Gasteiger partial charge is 0.417 e. The number of hydrogen-bond acceptors (Lipinski definition) is 7. The Kier molecular flexibility index (Phi) is 5.74. The molecule has 1 N–H and O–H groups in total. The molecule has 44 heavy (non-hydrogen) atoms. The van der Waals surface area contributed by atoms with Gasteiger partial charge in [0, 0.05) is 35.6 Å². The average Bonchev–Trinajstić information content (AvgIpc) is 3.62. The van der Waals surface area contributed by atoms with Crippen molar-refractivity contribution in [3.05, 3.63) is 58.9 Å². The second-order valence-corrected chi connectivity index (χ2v) is 15.4. The summed E-state index contributed by atoms with van der Waals surface area (Å²) in [5, 5.41) is 4.44. The van der Waals surface area contributed by atoms with Crippen LogP contribution in [-0.4, -0.2) is 38.2 Å². The van der Waals surface area contributed by atoms with Crippen molar-refractivity contribution >= 4 is 22.7 Å². The summed E-state index contributed by atoms with van der Waals surface area (Å²) >= 11 is 0. The van der Waals surface area contributed by atoms with Crippen LogP contribution in [0.3, 0.4) is 0 Å². The molecule has 9 nitrogen and oxygen atoms in total. The number of pyridine rings is 1. The van der Waals surface area contributed by atoms with Gasteiger partial charge in [-0.15, -0.1) is 0 Å². The first-order valence-electron chi connectivity index (χ1n) is 15.8. The Balaban J connectivity index is 1.07. The number of oxazole rings is 1. The highest BCUT2D eigenvalue weighted by Gasteiger charge is 2.69. The molecule has 0 atom stereocenters. The van der Waals surface area contributed by atoms with Crippen molar-refractivity contribution in [2.45, 2.75) is 101 Å². The number of aromatic nitrogens is 4. The number of rotatable bonds is 7. The van der Waals surface area contributed by atoms with Crippen LogP contribution in [0.5, 0.6) is 0 Å². The van der Waals surface area contributed by atoms with Crippen molar-refractivity contribution in [1.29, 1.82) is 0 Å². The molecule has 6 fully saturated rings. The van der Waals surface area contributed by atoms with Gasteiger partial charge in [0.05, 0.1) is 17.4 Å². The van der Waals surface area contributed by atoms with Gasteiger partial charge in [-0.05, 0) is 92.4 Å². The lowest BCUT2D eigenvalue weighted by molar-refractivity contribution is -0.215. The number of fused-ring (bicyclic) bond motifs is 4. The zero-order valence-electron chi connectivity index (χ0n) is 25.5. The highest BCUT2D eigenvalue weighted by molar-refractivity contribution is 5.95. The van der Waals surface area contributed by atoms with Gasteiger partial charge in [0.1, 0.15) is 5.67 Å². The second kappa shape index (κ2) is 9.11. The van der Waals surface area contributed by atoms with E-state index in [2.05, 4.69) is 35.9 Å². The van der Waals surface area contributed by atoms with Gasteiger partial charge in [-0.25, -0.2) is 9.18 Å². The van der Waals surface area contributed by atoms with E-state index in [4.69, 9.17) is 13.9 Å². The second-order valence-electron chi connectivity index (χ2n) is 15.4. The maximum absolute atomic E-state index is 14.4. The number of carbonyl (C=O) groups is 1. The van der Waals surface area contributed by atoms with E-state index in [9.17, 15) is 14.0 Å². The smallest absolute Gasteiger partial charge is 0.408 e. The number of hydrogen-bond donors (Lipinski definition) is 1. The monoisotopic (exact) mass is 599 g/mol. The van der Waals surface area contributed by atoms with E-state index in [0.717, 1.165) is 61.2 Å². The standard InChI is InChI=1S/C34H38FN5O4/c1-30(2,3)28-38-27(39-44-28)33-9-6-31(7-10-33,8-11-33)20-40(26(41)14-32-17-34(35,18-32)19-32)23-12-22(15-36-16-23)21-4-5-24-25(13-21)43-29(42)37-24/h4-5,12-13,15-16H,6-11,14,17-20H2,1-3H3,(H,37,42). The van der Waals surface area contributed by atoms with Gasteiger partial charge in [0.25, 0.3) is 0 Å². The van der Waals surface area contributed by atoms with Gasteiger partial charge < -0.3 is 13.8 Å². The molecular formula is C34H38FN5O4. The van der Waals surface area contributed by atoms with Crippen molar-refractivity contribution < 1.29 is 18.1 Å². The molecule has 230 valence electrons. The van der Waals surface area contributed by atoms with Crippen molar-refractivity contribution in [3.63, 3.8) is 0 Å². The van der Waals surface area contributed by atoms with E-state index in [1.807, 2.05) is 29.2 Å². The lowest BCUT2D eigenvalue weighted by Crippen LogP contribution is -2.65. The Labute approximate surface area is 254 Å². The van der Waals surface area contributed by atoms with Crippen LogP contribution < -0.4 is 10.7 Å². The van der Waals surface area contributed by atoms with Crippen LogP contribution in [0.25, 0.3) is 22.2 Å². The van der Waals surface area contributed by atoms with Crippen LogP contribution in [0, 0.1) is 10.8 Å². The van der Waals surface area contributed by atoms with Crippen molar-refractivity contribution in [1.82, 2.24) is 20.1 Å². The predicted molar refractivity (Wildman–Crippen MR) is 162 cm³/mol. The fourth-order valence-electron chi connectivity index (χ4n) is 8.56. The number of benzene rings is 1. The van der Waals surface area contributed by atoms with E-state index in [1.54, 1.807) is 12.4 Å². The molecule has 0 radical (unpaired) electrons.